The van der Waals surface area contributed by atoms with E-state index in [2.05, 4.69) is 4.98 Å². The lowest BCUT2D eigenvalue weighted by Crippen LogP contribution is -2.02. The van der Waals surface area contributed by atoms with E-state index in [4.69, 9.17) is 4.74 Å². The number of rotatable bonds is 4. The number of halogens is 1. The molecule has 0 bridgehead atoms. The summed E-state index contributed by atoms with van der Waals surface area (Å²) in [6.07, 6.45) is 2.29. The second-order valence-corrected chi connectivity index (χ2v) is 2.73. The Morgan fingerprint density at radius 2 is 2.38 bits per heavy atom. The van der Waals surface area contributed by atoms with Gasteiger partial charge in [0, 0.05) is 31.9 Å². The largest absolute Gasteiger partial charge is 0.388 e. The van der Waals surface area contributed by atoms with Gasteiger partial charge in [-0.05, 0) is 6.07 Å². The van der Waals surface area contributed by atoms with Gasteiger partial charge in [-0.2, -0.15) is 0 Å². The monoisotopic (exact) mass is 185 g/mol. The van der Waals surface area contributed by atoms with Crippen LogP contribution in [-0.4, -0.2) is 23.8 Å². The van der Waals surface area contributed by atoms with Crippen LogP contribution in [0.25, 0.3) is 0 Å². The van der Waals surface area contributed by atoms with Crippen molar-refractivity contribution in [3.63, 3.8) is 0 Å². The molecule has 1 atom stereocenters. The van der Waals surface area contributed by atoms with E-state index in [0.29, 0.717) is 18.6 Å². The van der Waals surface area contributed by atoms with E-state index in [1.165, 1.54) is 12.3 Å². The normalized spacial score (nSPS) is 12.8. The Kier molecular flexibility index (Phi) is 3.79. The predicted molar refractivity (Wildman–Crippen MR) is 45.6 cm³/mol. The fraction of sp³-hybridized carbons (Fsp3) is 0.444. The Bertz CT molecular complexity index is 268. The highest BCUT2D eigenvalue weighted by Crippen LogP contribution is 2.15. The van der Waals surface area contributed by atoms with Crippen molar-refractivity contribution in [3.8, 4) is 0 Å². The summed E-state index contributed by atoms with van der Waals surface area (Å²) in [5.74, 6) is -0.436. The first-order chi connectivity index (χ1) is 6.24. The molecule has 0 saturated carbocycles. The highest BCUT2D eigenvalue weighted by molar-refractivity contribution is 5.12. The van der Waals surface area contributed by atoms with Crippen molar-refractivity contribution in [1.82, 2.24) is 4.98 Å². The van der Waals surface area contributed by atoms with Crippen molar-refractivity contribution >= 4 is 0 Å². The number of aliphatic hydroxyl groups excluding tert-OH is 1. The van der Waals surface area contributed by atoms with E-state index in [1.807, 2.05) is 0 Å². The van der Waals surface area contributed by atoms with Gasteiger partial charge in [0.15, 0.2) is 0 Å². The summed E-state index contributed by atoms with van der Waals surface area (Å²) in [5.41, 5.74) is 0.483. The highest BCUT2D eigenvalue weighted by atomic mass is 19.1. The molecule has 1 aromatic heterocycles. The van der Waals surface area contributed by atoms with Gasteiger partial charge in [0.2, 0.25) is 0 Å². The van der Waals surface area contributed by atoms with Gasteiger partial charge < -0.3 is 9.84 Å². The van der Waals surface area contributed by atoms with Crippen molar-refractivity contribution < 1.29 is 14.2 Å². The molecule has 0 aliphatic heterocycles. The Hall–Kier alpha value is -1.00. The molecule has 1 aromatic rings. The number of ether oxygens (including phenoxy) is 1. The molecule has 0 aliphatic carbocycles. The molecule has 13 heavy (non-hydrogen) atoms. The van der Waals surface area contributed by atoms with Crippen molar-refractivity contribution in [3.05, 3.63) is 29.8 Å². The van der Waals surface area contributed by atoms with Crippen LogP contribution < -0.4 is 0 Å². The third-order valence-corrected chi connectivity index (χ3v) is 1.71. The average molecular weight is 185 g/mol. The van der Waals surface area contributed by atoms with Crippen molar-refractivity contribution in [1.29, 1.82) is 0 Å². The predicted octanol–water partition coefficient (Wildman–Crippen LogP) is 1.29. The van der Waals surface area contributed by atoms with Crippen LogP contribution in [0, 0.1) is 5.82 Å². The molecular formula is C9H12FNO2. The van der Waals surface area contributed by atoms with Gasteiger partial charge in [-0.3, -0.25) is 4.98 Å². The molecule has 3 nitrogen and oxygen atoms in total. The Morgan fingerprint density at radius 1 is 1.62 bits per heavy atom. The van der Waals surface area contributed by atoms with Crippen LogP contribution in [0.3, 0.4) is 0 Å². The molecule has 0 spiro atoms. The van der Waals surface area contributed by atoms with Crippen LogP contribution in [0.2, 0.25) is 0 Å². The topological polar surface area (TPSA) is 42.4 Å². The summed E-state index contributed by atoms with van der Waals surface area (Å²) in [6, 6.07) is 1.27. The molecule has 1 unspecified atom stereocenters. The molecule has 4 heteroatoms. The minimum atomic E-state index is -0.705. The van der Waals surface area contributed by atoms with E-state index in [0.717, 1.165) is 6.20 Å². The van der Waals surface area contributed by atoms with Gasteiger partial charge in [0.25, 0.3) is 0 Å². The first-order valence-corrected chi connectivity index (χ1v) is 4.01. The Balaban J connectivity index is 2.60. The standard InChI is InChI=1S/C9H12FNO2/c1-13-3-2-9(12)7-4-8(10)6-11-5-7/h4-6,9,12H,2-3H2,1H3. The summed E-state index contributed by atoms with van der Waals surface area (Å²) < 4.78 is 17.4. The minimum absolute atomic E-state index is 0.436. The Labute approximate surface area is 76.2 Å². The zero-order valence-corrected chi connectivity index (χ0v) is 7.40. The van der Waals surface area contributed by atoms with E-state index in [-0.39, 0.29) is 0 Å². The summed E-state index contributed by atoms with van der Waals surface area (Å²) >= 11 is 0. The van der Waals surface area contributed by atoms with Crippen LogP contribution in [0.15, 0.2) is 18.5 Å². The van der Waals surface area contributed by atoms with Crippen molar-refractivity contribution in [2.45, 2.75) is 12.5 Å². The molecule has 72 valence electrons. The zero-order chi connectivity index (χ0) is 9.68. The molecule has 0 radical (unpaired) electrons. The van der Waals surface area contributed by atoms with Crippen LogP contribution >= 0.6 is 0 Å². The SMILES string of the molecule is COCCC(O)c1cncc(F)c1. The summed E-state index contributed by atoms with van der Waals surface area (Å²) in [5, 5.41) is 9.49. The fourth-order valence-corrected chi connectivity index (χ4v) is 1.01. The van der Waals surface area contributed by atoms with Gasteiger partial charge in [0.05, 0.1) is 12.3 Å². The maximum Gasteiger partial charge on any atom is 0.141 e. The maximum absolute atomic E-state index is 12.6. The van der Waals surface area contributed by atoms with Gasteiger partial charge >= 0.3 is 0 Å². The first-order valence-electron chi connectivity index (χ1n) is 4.01. The van der Waals surface area contributed by atoms with Gasteiger partial charge in [-0.15, -0.1) is 0 Å². The molecule has 1 heterocycles. The third kappa shape index (κ3) is 3.08. The molecule has 0 aliphatic rings. The average Bonchev–Trinajstić information content (AvgIpc) is 2.14. The van der Waals surface area contributed by atoms with Gasteiger partial charge in [-0.1, -0.05) is 0 Å². The molecule has 1 N–H and O–H groups in total. The number of methoxy groups -OCH3 is 1. The second kappa shape index (κ2) is 4.89. The molecule has 0 amide bonds. The summed E-state index contributed by atoms with van der Waals surface area (Å²) in [4.78, 5) is 3.64. The van der Waals surface area contributed by atoms with Gasteiger partial charge in [0.1, 0.15) is 5.82 Å². The summed E-state index contributed by atoms with van der Waals surface area (Å²) in [6.45, 7) is 0.442. The lowest BCUT2D eigenvalue weighted by molar-refractivity contribution is 0.110. The van der Waals surface area contributed by atoms with Crippen LogP contribution in [-0.2, 0) is 4.74 Å². The van der Waals surface area contributed by atoms with Crippen LogP contribution in [0.1, 0.15) is 18.1 Å². The number of hydrogen-bond acceptors (Lipinski definition) is 3. The van der Waals surface area contributed by atoms with Crippen molar-refractivity contribution in [2.75, 3.05) is 13.7 Å². The lowest BCUT2D eigenvalue weighted by Gasteiger charge is -2.09. The molecule has 0 fully saturated rings. The van der Waals surface area contributed by atoms with Gasteiger partial charge in [-0.25, -0.2) is 4.39 Å². The quantitative estimate of drug-likeness (QED) is 0.768. The second-order valence-electron chi connectivity index (χ2n) is 2.73. The van der Waals surface area contributed by atoms with E-state index in [9.17, 15) is 9.50 Å². The smallest absolute Gasteiger partial charge is 0.141 e. The molecule has 0 saturated heterocycles. The number of hydrogen-bond donors (Lipinski definition) is 1. The first kappa shape index (κ1) is 10.1. The number of nitrogens with zero attached hydrogens (tertiary/aromatic N) is 1. The van der Waals surface area contributed by atoms with E-state index >= 15 is 0 Å². The fourth-order valence-electron chi connectivity index (χ4n) is 1.01. The molecule has 0 aromatic carbocycles. The third-order valence-electron chi connectivity index (χ3n) is 1.71. The minimum Gasteiger partial charge on any atom is -0.388 e. The summed E-state index contributed by atoms with van der Waals surface area (Å²) in [7, 11) is 1.55. The van der Waals surface area contributed by atoms with Crippen LogP contribution in [0.4, 0.5) is 4.39 Å². The number of pyridine rings is 1. The van der Waals surface area contributed by atoms with Crippen molar-refractivity contribution in [2.24, 2.45) is 0 Å². The maximum atomic E-state index is 12.6. The zero-order valence-electron chi connectivity index (χ0n) is 7.40. The lowest BCUT2D eigenvalue weighted by atomic mass is 10.1. The van der Waals surface area contributed by atoms with E-state index < -0.39 is 11.9 Å². The molecule has 1 rings (SSSR count). The Morgan fingerprint density at radius 3 is 3.00 bits per heavy atom. The highest BCUT2D eigenvalue weighted by Gasteiger charge is 2.07. The number of aliphatic hydroxyl groups is 1. The van der Waals surface area contributed by atoms with Crippen LogP contribution in [0.5, 0.6) is 0 Å². The van der Waals surface area contributed by atoms with E-state index in [1.54, 1.807) is 7.11 Å². The number of aromatic nitrogens is 1. The molecular weight excluding hydrogens is 173 g/mol.